The van der Waals surface area contributed by atoms with E-state index in [1.54, 1.807) is 23.3 Å². The number of likely N-dealkylation sites (tertiary alicyclic amines) is 1. The van der Waals surface area contributed by atoms with Gasteiger partial charge >= 0.3 is 0 Å². The number of piperidine rings is 1. The number of hydrogen-bond donors (Lipinski definition) is 1. The van der Waals surface area contributed by atoms with Crippen molar-refractivity contribution >= 4 is 5.91 Å². The fourth-order valence-corrected chi connectivity index (χ4v) is 2.63. The smallest absolute Gasteiger partial charge is 0.272 e. The van der Waals surface area contributed by atoms with E-state index in [2.05, 4.69) is 15.2 Å². The monoisotopic (exact) mass is 259 g/mol. The van der Waals surface area contributed by atoms with Crippen LogP contribution >= 0.6 is 0 Å². The Morgan fingerprint density at radius 2 is 2.42 bits per heavy atom. The number of aryl methyl sites for hydroxylation is 1. The van der Waals surface area contributed by atoms with E-state index in [0.717, 1.165) is 31.6 Å². The Morgan fingerprint density at radius 3 is 3.11 bits per heavy atom. The SMILES string of the molecule is Cn1cncc1C(=O)N1CCC[C@H](c2ccn[nH]2)C1. The van der Waals surface area contributed by atoms with E-state index in [-0.39, 0.29) is 5.91 Å². The zero-order valence-electron chi connectivity index (χ0n) is 10.9. The molecular weight excluding hydrogens is 242 g/mol. The minimum absolute atomic E-state index is 0.0595. The molecule has 2 aromatic rings. The molecule has 1 amide bonds. The van der Waals surface area contributed by atoms with Gasteiger partial charge in [0.25, 0.3) is 5.91 Å². The third-order valence-electron chi connectivity index (χ3n) is 3.71. The topological polar surface area (TPSA) is 66.8 Å². The summed E-state index contributed by atoms with van der Waals surface area (Å²) in [7, 11) is 1.84. The molecule has 100 valence electrons. The van der Waals surface area contributed by atoms with Gasteiger partial charge in [-0.2, -0.15) is 5.10 Å². The number of aromatic amines is 1. The van der Waals surface area contributed by atoms with Crippen molar-refractivity contribution in [3.8, 4) is 0 Å². The van der Waals surface area contributed by atoms with Crippen molar-refractivity contribution in [2.75, 3.05) is 13.1 Å². The summed E-state index contributed by atoms with van der Waals surface area (Å²) in [5.41, 5.74) is 1.76. The average molecular weight is 259 g/mol. The molecule has 0 aliphatic carbocycles. The van der Waals surface area contributed by atoms with Crippen LogP contribution in [0, 0.1) is 0 Å². The standard InChI is InChI=1S/C13H17N5O/c1-17-9-14-7-12(17)13(19)18-6-2-3-10(8-18)11-4-5-15-16-11/h4-5,7,9-10H,2-3,6,8H2,1H3,(H,15,16)/t10-/m0/s1. The fourth-order valence-electron chi connectivity index (χ4n) is 2.63. The number of carbonyl (C=O) groups excluding carboxylic acids is 1. The molecule has 0 aromatic carbocycles. The summed E-state index contributed by atoms with van der Waals surface area (Å²) >= 11 is 0. The molecule has 0 spiro atoms. The van der Waals surface area contributed by atoms with Crippen molar-refractivity contribution in [3.63, 3.8) is 0 Å². The van der Waals surface area contributed by atoms with Gasteiger partial charge in [0.05, 0.1) is 12.5 Å². The first kappa shape index (κ1) is 12.0. The maximum Gasteiger partial charge on any atom is 0.272 e. The molecule has 0 radical (unpaired) electrons. The number of aromatic nitrogens is 4. The van der Waals surface area contributed by atoms with Gasteiger partial charge in [-0.25, -0.2) is 4.98 Å². The highest BCUT2D eigenvalue weighted by Crippen LogP contribution is 2.26. The van der Waals surface area contributed by atoms with Gasteiger partial charge in [0, 0.05) is 37.9 Å². The molecule has 0 unspecified atom stereocenters. The number of amides is 1. The number of rotatable bonds is 2. The first-order valence-electron chi connectivity index (χ1n) is 6.50. The summed E-state index contributed by atoms with van der Waals surface area (Å²) in [4.78, 5) is 18.4. The summed E-state index contributed by atoms with van der Waals surface area (Å²) in [5.74, 6) is 0.414. The normalized spacial score (nSPS) is 19.6. The second-order valence-corrected chi connectivity index (χ2v) is 4.99. The average Bonchev–Trinajstić information content (AvgIpc) is 3.09. The molecule has 2 aromatic heterocycles. The van der Waals surface area contributed by atoms with Crippen LogP contribution in [0.1, 0.15) is 34.9 Å². The molecule has 0 bridgehead atoms. The van der Waals surface area contributed by atoms with E-state index in [4.69, 9.17) is 0 Å². The Balaban J connectivity index is 1.75. The van der Waals surface area contributed by atoms with Crippen molar-refractivity contribution < 1.29 is 4.79 Å². The zero-order chi connectivity index (χ0) is 13.2. The third-order valence-corrected chi connectivity index (χ3v) is 3.71. The van der Waals surface area contributed by atoms with Crippen LogP contribution in [0.3, 0.4) is 0 Å². The van der Waals surface area contributed by atoms with Crippen LogP contribution in [-0.4, -0.2) is 43.6 Å². The lowest BCUT2D eigenvalue weighted by molar-refractivity contribution is 0.0696. The van der Waals surface area contributed by atoms with Gasteiger partial charge < -0.3 is 9.47 Å². The molecule has 6 nitrogen and oxygen atoms in total. The van der Waals surface area contributed by atoms with Crippen molar-refractivity contribution in [1.82, 2.24) is 24.6 Å². The van der Waals surface area contributed by atoms with E-state index >= 15 is 0 Å². The second kappa shape index (κ2) is 4.87. The van der Waals surface area contributed by atoms with Crippen molar-refractivity contribution in [2.45, 2.75) is 18.8 Å². The number of hydrogen-bond acceptors (Lipinski definition) is 3. The minimum atomic E-state index is 0.0595. The molecule has 19 heavy (non-hydrogen) atoms. The van der Waals surface area contributed by atoms with Crippen molar-refractivity contribution in [3.05, 3.63) is 36.2 Å². The molecule has 1 N–H and O–H groups in total. The van der Waals surface area contributed by atoms with Gasteiger partial charge in [-0.15, -0.1) is 0 Å². The van der Waals surface area contributed by atoms with E-state index in [9.17, 15) is 4.79 Å². The summed E-state index contributed by atoms with van der Waals surface area (Å²) in [5, 5.41) is 7.00. The summed E-state index contributed by atoms with van der Waals surface area (Å²) < 4.78 is 1.77. The molecule has 1 aliphatic rings. The van der Waals surface area contributed by atoms with Crippen molar-refractivity contribution in [1.29, 1.82) is 0 Å². The lowest BCUT2D eigenvalue weighted by atomic mass is 9.95. The maximum atomic E-state index is 12.4. The highest BCUT2D eigenvalue weighted by atomic mass is 16.2. The van der Waals surface area contributed by atoms with E-state index in [0.29, 0.717) is 11.6 Å². The summed E-state index contributed by atoms with van der Waals surface area (Å²) in [6.45, 7) is 1.56. The van der Waals surface area contributed by atoms with E-state index < -0.39 is 0 Å². The Bertz CT molecular complexity index is 559. The predicted octanol–water partition coefficient (Wildman–Crippen LogP) is 1.16. The highest BCUT2D eigenvalue weighted by Gasteiger charge is 2.27. The van der Waals surface area contributed by atoms with Crippen LogP contribution in [0.5, 0.6) is 0 Å². The Hall–Kier alpha value is -2.11. The zero-order valence-corrected chi connectivity index (χ0v) is 10.9. The van der Waals surface area contributed by atoms with Gasteiger partial charge in [-0.1, -0.05) is 0 Å². The van der Waals surface area contributed by atoms with Gasteiger partial charge in [-0.05, 0) is 18.9 Å². The van der Waals surface area contributed by atoms with Gasteiger partial charge in [0.2, 0.25) is 0 Å². The minimum Gasteiger partial charge on any atom is -0.337 e. The fraction of sp³-hybridized carbons (Fsp3) is 0.462. The molecule has 0 saturated carbocycles. The molecule has 3 rings (SSSR count). The maximum absolute atomic E-state index is 12.4. The summed E-state index contributed by atoms with van der Waals surface area (Å²) in [6, 6.07) is 1.99. The van der Waals surface area contributed by atoms with Crippen LogP contribution < -0.4 is 0 Å². The van der Waals surface area contributed by atoms with Gasteiger partial charge in [0.1, 0.15) is 5.69 Å². The van der Waals surface area contributed by atoms with Crippen LogP contribution in [-0.2, 0) is 7.05 Å². The van der Waals surface area contributed by atoms with Crippen LogP contribution in [0.15, 0.2) is 24.8 Å². The summed E-state index contributed by atoms with van der Waals surface area (Å²) in [6.07, 6.45) is 7.16. The number of carbonyl (C=O) groups is 1. The molecule has 1 fully saturated rings. The Labute approximate surface area is 111 Å². The van der Waals surface area contributed by atoms with Crippen LogP contribution in [0.25, 0.3) is 0 Å². The quantitative estimate of drug-likeness (QED) is 0.880. The second-order valence-electron chi connectivity index (χ2n) is 4.99. The van der Waals surface area contributed by atoms with E-state index in [1.165, 1.54) is 0 Å². The predicted molar refractivity (Wildman–Crippen MR) is 69.7 cm³/mol. The van der Waals surface area contributed by atoms with Crippen LogP contribution in [0.4, 0.5) is 0 Å². The van der Waals surface area contributed by atoms with Crippen LogP contribution in [0.2, 0.25) is 0 Å². The lowest BCUT2D eigenvalue weighted by Gasteiger charge is -2.32. The number of nitrogens with one attached hydrogen (secondary N) is 1. The highest BCUT2D eigenvalue weighted by molar-refractivity contribution is 5.92. The molecular formula is C13H17N5O. The third kappa shape index (κ3) is 2.25. The lowest BCUT2D eigenvalue weighted by Crippen LogP contribution is -2.39. The molecule has 6 heteroatoms. The van der Waals surface area contributed by atoms with E-state index in [1.807, 2.05) is 18.0 Å². The number of H-pyrrole nitrogens is 1. The molecule has 1 saturated heterocycles. The van der Waals surface area contributed by atoms with Gasteiger partial charge in [-0.3, -0.25) is 9.89 Å². The number of imidazole rings is 1. The molecule has 3 heterocycles. The first-order chi connectivity index (χ1) is 9.25. The largest absolute Gasteiger partial charge is 0.337 e. The van der Waals surface area contributed by atoms with Crippen molar-refractivity contribution in [2.24, 2.45) is 7.05 Å². The Morgan fingerprint density at radius 1 is 1.53 bits per heavy atom. The van der Waals surface area contributed by atoms with Gasteiger partial charge in [0.15, 0.2) is 0 Å². The molecule has 1 aliphatic heterocycles. The first-order valence-corrected chi connectivity index (χ1v) is 6.50. The number of nitrogens with zero attached hydrogens (tertiary/aromatic N) is 4. The molecule has 1 atom stereocenters. The Kier molecular flexibility index (Phi) is 3.06.